The summed E-state index contributed by atoms with van der Waals surface area (Å²) in [5, 5.41) is 20.0. The van der Waals surface area contributed by atoms with E-state index in [4.69, 9.17) is 4.74 Å². The maximum Gasteiger partial charge on any atom is 0.306 e. The molecule has 65 heavy (non-hydrogen) atoms. The fourth-order valence-electron chi connectivity index (χ4n) is 8.53. The van der Waals surface area contributed by atoms with Crippen LogP contribution in [0.15, 0.2) is 0 Å². The molecule has 0 heterocycles. The van der Waals surface area contributed by atoms with Crippen LogP contribution < -0.4 is 0 Å². The van der Waals surface area contributed by atoms with Crippen molar-refractivity contribution in [2.75, 3.05) is 14.2 Å². The minimum atomic E-state index is -0.0990. The van der Waals surface area contributed by atoms with E-state index in [0.717, 1.165) is 103 Å². The van der Waals surface area contributed by atoms with E-state index in [0.29, 0.717) is 19.3 Å². The van der Waals surface area contributed by atoms with E-state index in [1.165, 1.54) is 181 Å². The Kier molecular flexibility index (Phi) is 58.9. The van der Waals surface area contributed by atoms with Gasteiger partial charge in [0.2, 0.25) is 0 Å². The van der Waals surface area contributed by atoms with Crippen LogP contribution in [0.5, 0.6) is 0 Å². The third-order valence-electron chi connectivity index (χ3n) is 12.9. The number of aliphatic hydroxyl groups excluding tert-OH is 2. The highest BCUT2D eigenvalue weighted by atomic mass is 16.5. The average Bonchev–Trinajstić information content (AvgIpc) is 3.29. The molecule has 0 saturated carbocycles. The summed E-state index contributed by atoms with van der Waals surface area (Å²) in [7, 11) is 2.90. The molecule has 3 atom stereocenters. The van der Waals surface area contributed by atoms with Crippen LogP contribution in [-0.4, -0.2) is 60.7 Å². The monoisotopic (exact) mass is 927 g/mol. The van der Waals surface area contributed by atoms with E-state index in [9.17, 15) is 24.6 Å². The number of hydrogen-bond donors (Lipinski definition) is 2. The summed E-state index contributed by atoms with van der Waals surface area (Å²) in [6.07, 6.45) is 50.7. The van der Waals surface area contributed by atoms with Crippen LogP contribution in [0.1, 0.15) is 317 Å². The molecule has 0 radical (unpaired) electrons. The van der Waals surface area contributed by atoms with Gasteiger partial charge in [-0.05, 0) is 70.6 Å². The number of esters is 3. The number of hydrogen-bond acceptors (Lipinski definition) is 8. The van der Waals surface area contributed by atoms with Crippen molar-refractivity contribution < 1.29 is 38.8 Å². The fourth-order valence-corrected chi connectivity index (χ4v) is 8.53. The van der Waals surface area contributed by atoms with Gasteiger partial charge in [-0.15, -0.1) is 0 Å². The molecule has 3 unspecified atom stereocenters. The van der Waals surface area contributed by atoms with Crippen molar-refractivity contribution in [3.05, 3.63) is 0 Å². The van der Waals surface area contributed by atoms with E-state index in [-0.39, 0.29) is 43.6 Å². The minimum absolute atomic E-state index is 0. The van der Waals surface area contributed by atoms with Crippen molar-refractivity contribution in [3.8, 4) is 0 Å². The van der Waals surface area contributed by atoms with Gasteiger partial charge in [0.25, 0.3) is 0 Å². The number of unbranched alkanes of at least 4 members (excludes halogenated alkanes) is 30. The molecule has 0 saturated heterocycles. The number of aliphatic hydroxyl groups is 2. The molecule has 0 bridgehead atoms. The molecule has 0 aromatic carbocycles. The number of carbonyl (C=O) groups is 3. The molecule has 0 aromatic rings. The first-order valence-corrected chi connectivity index (χ1v) is 27.9. The second-order valence-corrected chi connectivity index (χ2v) is 19.2. The van der Waals surface area contributed by atoms with Gasteiger partial charge in [-0.2, -0.15) is 0 Å². The molecule has 8 nitrogen and oxygen atoms in total. The van der Waals surface area contributed by atoms with Crippen LogP contribution in [-0.2, 0) is 28.6 Å². The summed E-state index contributed by atoms with van der Waals surface area (Å²) >= 11 is 0. The summed E-state index contributed by atoms with van der Waals surface area (Å²) in [5.41, 5.74) is 0. The highest BCUT2D eigenvalue weighted by Gasteiger charge is 2.14. The second-order valence-electron chi connectivity index (χ2n) is 19.2. The molecular formula is C57H114O8. The highest BCUT2D eigenvalue weighted by Crippen LogP contribution is 2.20. The van der Waals surface area contributed by atoms with E-state index >= 15 is 0 Å². The Bertz CT molecular complexity index is 957. The predicted molar refractivity (Wildman–Crippen MR) is 277 cm³/mol. The summed E-state index contributed by atoms with van der Waals surface area (Å²) < 4.78 is 15.3. The lowest BCUT2D eigenvalue weighted by atomic mass is 10.0. The Morgan fingerprint density at radius 3 is 0.800 bits per heavy atom. The lowest BCUT2D eigenvalue weighted by Crippen LogP contribution is -2.18. The molecule has 8 heteroatoms. The SMILES string of the molecule is C.CCCCCCC(O)CCCCCCCCCCC(=O)OC.CCCCCCC(O)CCCCCCCCCCC(=O)OC(CCCCCC)CCCCCCCCCCC(=O)OC. The molecule has 2 N–H and O–H groups in total. The zero-order valence-electron chi connectivity index (χ0n) is 43.4. The van der Waals surface area contributed by atoms with Crippen LogP contribution in [0.4, 0.5) is 0 Å². The van der Waals surface area contributed by atoms with Crippen LogP contribution in [0, 0.1) is 0 Å². The molecule has 0 aliphatic carbocycles. The Hall–Kier alpha value is -1.67. The number of ether oxygens (including phenoxy) is 3. The molecule has 0 fully saturated rings. The summed E-state index contributed by atoms with van der Waals surface area (Å²) in [6.45, 7) is 6.68. The van der Waals surface area contributed by atoms with E-state index in [2.05, 4.69) is 30.2 Å². The Labute approximate surface area is 405 Å². The largest absolute Gasteiger partial charge is 0.469 e. The highest BCUT2D eigenvalue weighted by molar-refractivity contribution is 5.69. The van der Waals surface area contributed by atoms with Crippen LogP contribution in [0.25, 0.3) is 0 Å². The van der Waals surface area contributed by atoms with Gasteiger partial charge in [-0.1, -0.05) is 227 Å². The smallest absolute Gasteiger partial charge is 0.306 e. The van der Waals surface area contributed by atoms with Crippen molar-refractivity contribution in [2.45, 2.75) is 335 Å². The lowest BCUT2D eigenvalue weighted by molar-refractivity contribution is -0.150. The summed E-state index contributed by atoms with van der Waals surface area (Å²) in [6, 6.07) is 0. The maximum absolute atomic E-state index is 12.6. The predicted octanol–water partition coefficient (Wildman–Crippen LogP) is 17.2. The maximum atomic E-state index is 12.6. The van der Waals surface area contributed by atoms with Crippen LogP contribution >= 0.6 is 0 Å². The van der Waals surface area contributed by atoms with Crippen molar-refractivity contribution >= 4 is 17.9 Å². The Balaban J connectivity index is -0.00000141. The number of carbonyl (C=O) groups excluding carboxylic acids is 3. The van der Waals surface area contributed by atoms with E-state index in [1.54, 1.807) is 0 Å². The van der Waals surface area contributed by atoms with Gasteiger partial charge >= 0.3 is 17.9 Å². The van der Waals surface area contributed by atoms with Gasteiger partial charge in [-0.3, -0.25) is 14.4 Å². The lowest BCUT2D eigenvalue weighted by Gasteiger charge is -2.18. The van der Waals surface area contributed by atoms with Crippen molar-refractivity contribution in [3.63, 3.8) is 0 Å². The topological polar surface area (TPSA) is 119 Å². The number of rotatable bonds is 49. The summed E-state index contributed by atoms with van der Waals surface area (Å²) in [4.78, 5) is 34.6. The standard InChI is InChI=1S/C37H72O5.C19H38O3.CH4/c1-4-6-8-22-28-34(38)29-23-18-14-10-12-17-21-27-33-37(40)42-35(30-24-9-7-5-2)31-25-19-15-11-13-16-20-26-32-36(39)41-3;1-3-4-5-12-15-18(20)16-13-10-8-6-7-9-11-14-17-19(21)22-2;/h34-35,38H,4-33H2,1-3H3;18,20H,3-17H2,1-2H3;1H4. The molecule has 0 aliphatic heterocycles. The normalized spacial score (nSPS) is 12.4. The van der Waals surface area contributed by atoms with Crippen LogP contribution in [0.3, 0.4) is 0 Å². The van der Waals surface area contributed by atoms with Gasteiger partial charge in [0, 0.05) is 19.3 Å². The van der Waals surface area contributed by atoms with Gasteiger partial charge in [-0.25, -0.2) is 0 Å². The Morgan fingerprint density at radius 1 is 0.323 bits per heavy atom. The Morgan fingerprint density at radius 2 is 0.538 bits per heavy atom. The summed E-state index contributed by atoms with van der Waals surface area (Å²) in [5.74, 6) is -0.179. The first-order valence-electron chi connectivity index (χ1n) is 27.9. The molecule has 0 aromatic heterocycles. The van der Waals surface area contributed by atoms with Crippen molar-refractivity contribution in [1.82, 2.24) is 0 Å². The van der Waals surface area contributed by atoms with E-state index < -0.39 is 0 Å². The van der Waals surface area contributed by atoms with Gasteiger partial charge in [0.05, 0.1) is 26.4 Å². The third kappa shape index (κ3) is 56.6. The number of methoxy groups -OCH3 is 2. The molecule has 0 amide bonds. The fraction of sp³-hybridized carbons (Fsp3) is 0.947. The minimum Gasteiger partial charge on any atom is -0.469 e. The van der Waals surface area contributed by atoms with Gasteiger partial charge < -0.3 is 24.4 Å². The molecule has 0 spiro atoms. The first kappa shape index (κ1) is 67.6. The van der Waals surface area contributed by atoms with Gasteiger partial charge in [0.15, 0.2) is 0 Å². The van der Waals surface area contributed by atoms with Crippen LogP contribution in [0.2, 0.25) is 0 Å². The molecule has 0 rings (SSSR count). The third-order valence-corrected chi connectivity index (χ3v) is 12.9. The average molecular weight is 928 g/mol. The van der Waals surface area contributed by atoms with Gasteiger partial charge in [0.1, 0.15) is 6.10 Å². The molecule has 390 valence electrons. The first-order chi connectivity index (χ1) is 31.2. The second kappa shape index (κ2) is 56.7. The quantitative estimate of drug-likeness (QED) is 0.0352. The zero-order valence-corrected chi connectivity index (χ0v) is 43.4. The molecule has 0 aliphatic rings. The van der Waals surface area contributed by atoms with Crippen molar-refractivity contribution in [1.29, 1.82) is 0 Å². The van der Waals surface area contributed by atoms with E-state index in [1.807, 2.05) is 0 Å². The van der Waals surface area contributed by atoms with Crippen molar-refractivity contribution in [2.24, 2.45) is 0 Å². The zero-order chi connectivity index (χ0) is 47.4. The molecular weight excluding hydrogens is 813 g/mol.